The third kappa shape index (κ3) is 3.88. The van der Waals surface area contributed by atoms with Crippen molar-refractivity contribution in [3.8, 4) is 0 Å². The van der Waals surface area contributed by atoms with Gasteiger partial charge in [-0.05, 0) is 41.8 Å². The number of aromatic nitrogens is 1. The van der Waals surface area contributed by atoms with Crippen LogP contribution >= 0.6 is 0 Å². The van der Waals surface area contributed by atoms with E-state index < -0.39 is 5.91 Å². The Morgan fingerprint density at radius 3 is 2.29 bits per heavy atom. The summed E-state index contributed by atoms with van der Waals surface area (Å²) < 4.78 is 2.21. The summed E-state index contributed by atoms with van der Waals surface area (Å²) in [5.74, 6) is -0.437. The van der Waals surface area contributed by atoms with Crippen LogP contribution in [0.25, 0.3) is 21.8 Å². The molecule has 0 aliphatic heterocycles. The third-order valence-corrected chi connectivity index (χ3v) is 6.25. The Labute approximate surface area is 198 Å². The summed E-state index contributed by atoms with van der Waals surface area (Å²) in [7, 11) is 0. The first-order chi connectivity index (χ1) is 16.6. The van der Waals surface area contributed by atoms with Crippen molar-refractivity contribution in [2.45, 2.75) is 26.3 Å². The molecule has 0 atom stereocenters. The highest BCUT2D eigenvalue weighted by Crippen LogP contribution is 2.33. The van der Waals surface area contributed by atoms with E-state index in [-0.39, 0.29) is 5.78 Å². The fourth-order valence-electron chi connectivity index (χ4n) is 4.61. The van der Waals surface area contributed by atoms with Gasteiger partial charge in [0.25, 0.3) is 0 Å². The number of aryl methyl sites for hydroxylation is 1. The van der Waals surface area contributed by atoms with Gasteiger partial charge in [0.2, 0.25) is 5.91 Å². The Hall–Kier alpha value is -4.18. The summed E-state index contributed by atoms with van der Waals surface area (Å²) >= 11 is 0. The van der Waals surface area contributed by atoms with Crippen LogP contribution in [0.15, 0.2) is 84.9 Å². The first-order valence-electron chi connectivity index (χ1n) is 11.5. The smallest absolute Gasteiger partial charge is 0.249 e. The Morgan fingerprint density at radius 2 is 1.59 bits per heavy atom. The molecule has 4 heteroatoms. The topological polar surface area (TPSA) is 65.1 Å². The summed E-state index contributed by atoms with van der Waals surface area (Å²) in [5.41, 5.74) is 11.8. The molecular formula is C30H25N2O2. The molecule has 167 valence electrons. The second-order valence-electron chi connectivity index (χ2n) is 8.56. The van der Waals surface area contributed by atoms with Crippen molar-refractivity contribution in [2.24, 2.45) is 5.73 Å². The van der Waals surface area contributed by atoms with Crippen molar-refractivity contribution < 1.29 is 9.59 Å². The summed E-state index contributed by atoms with van der Waals surface area (Å²) in [6.07, 6.45) is 2.01. The Kier molecular flexibility index (Phi) is 5.72. The van der Waals surface area contributed by atoms with E-state index in [1.807, 2.05) is 72.8 Å². The van der Waals surface area contributed by atoms with Gasteiger partial charge in [-0.15, -0.1) is 0 Å². The maximum Gasteiger partial charge on any atom is 0.249 e. The van der Waals surface area contributed by atoms with Gasteiger partial charge < -0.3 is 10.3 Å². The number of carbonyl (C=O) groups excluding carboxylic acids is 2. The number of nitrogens with two attached hydrogens (primary N) is 1. The summed E-state index contributed by atoms with van der Waals surface area (Å²) in [4.78, 5) is 25.0. The molecule has 4 nitrogen and oxygen atoms in total. The van der Waals surface area contributed by atoms with Gasteiger partial charge in [-0.2, -0.15) is 0 Å². The molecule has 0 fully saturated rings. The molecule has 0 aliphatic carbocycles. The minimum Gasteiger partial charge on any atom is -0.366 e. The molecule has 0 spiro atoms. The van der Waals surface area contributed by atoms with E-state index in [9.17, 15) is 9.59 Å². The molecule has 0 bridgehead atoms. The van der Waals surface area contributed by atoms with Gasteiger partial charge in [-0.25, -0.2) is 0 Å². The summed E-state index contributed by atoms with van der Waals surface area (Å²) in [6, 6.07) is 30.3. The molecule has 4 aromatic carbocycles. The molecule has 1 heterocycles. The lowest BCUT2D eigenvalue weighted by Crippen LogP contribution is -2.11. The van der Waals surface area contributed by atoms with Crippen LogP contribution in [0.3, 0.4) is 0 Å². The SMILES string of the molecule is CCCc1c[c]c2c3c(C(N)=O)cccc3n(Cc3ccc(C(=O)c4ccccc4)cc3)c2c1. The number of rotatable bonds is 7. The third-order valence-electron chi connectivity index (χ3n) is 6.25. The predicted molar refractivity (Wildman–Crippen MR) is 136 cm³/mol. The van der Waals surface area contributed by atoms with Gasteiger partial charge in [0.1, 0.15) is 0 Å². The number of carbonyl (C=O) groups is 2. The number of primary amides is 1. The average Bonchev–Trinajstić information content (AvgIpc) is 3.17. The van der Waals surface area contributed by atoms with Gasteiger partial charge in [0.15, 0.2) is 5.78 Å². The van der Waals surface area contributed by atoms with E-state index in [1.165, 1.54) is 5.56 Å². The average molecular weight is 446 g/mol. The van der Waals surface area contributed by atoms with Gasteiger partial charge >= 0.3 is 0 Å². The molecule has 0 aliphatic rings. The van der Waals surface area contributed by atoms with Crippen LogP contribution in [0, 0.1) is 6.07 Å². The Balaban J connectivity index is 1.59. The van der Waals surface area contributed by atoms with Crippen molar-refractivity contribution in [1.82, 2.24) is 4.57 Å². The fraction of sp³-hybridized carbons (Fsp3) is 0.133. The zero-order valence-corrected chi connectivity index (χ0v) is 19.0. The van der Waals surface area contributed by atoms with Crippen LogP contribution in [0.5, 0.6) is 0 Å². The molecule has 2 N–H and O–H groups in total. The molecule has 0 saturated heterocycles. The lowest BCUT2D eigenvalue weighted by molar-refractivity contribution is 0.1000. The first kappa shape index (κ1) is 21.7. The summed E-state index contributed by atoms with van der Waals surface area (Å²) in [5, 5.41) is 1.74. The second-order valence-corrected chi connectivity index (χ2v) is 8.56. The Bertz CT molecular complexity index is 1510. The zero-order chi connectivity index (χ0) is 23.7. The number of fused-ring (bicyclic) bond motifs is 3. The van der Waals surface area contributed by atoms with Gasteiger partial charge in [-0.3, -0.25) is 9.59 Å². The number of nitrogens with zero attached hydrogens (tertiary/aromatic N) is 1. The predicted octanol–water partition coefficient (Wildman–Crippen LogP) is 5.93. The van der Waals surface area contributed by atoms with Crippen LogP contribution in [0.1, 0.15) is 50.8 Å². The van der Waals surface area contributed by atoms with Crippen molar-refractivity contribution in [3.63, 3.8) is 0 Å². The van der Waals surface area contributed by atoms with Crippen LogP contribution in [0.4, 0.5) is 0 Å². The van der Waals surface area contributed by atoms with Crippen LogP contribution in [0.2, 0.25) is 0 Å². The Morgan fingerprint density at radius 1 is 0.853 bits per heavy atom. The van der Waals surface area contributed by atoms with Crippen LogP contribution < -0.4 is 5.73 Å². The highest BCUT2D eigenvalue weighted by atomic mass is 16.1. The lowest BCUT2D eigenvalue weighted by Gasteiger charge is -2.10. The number of hydrogen-bond acceptors (Lipinski definition) is 2. The number of benzene rings is 4. The van der Waals surface area contributed by atoms with Crippen molar-refractivity contribution in [1.29, 1.82) is 0 Å². The summed E-state index contributed by atoms with van der Waals surface area (Å²) in [6.45, 7) is 2.76. The molecule has 0 unspecified atom stereocenters. The van der Waals surface area contributed by atoms with Crippen LogP contribution in [-0.4, -0.2) is 16.3 Å². The quantitative estimate of drug-likeness (QED) is 0.316. The zero-order valence-electron chi connectivity index (χ0n) is 19.0. The van der Waals surface area contributed by atoms with E-state index in [4.69, 9.17) is 5.73 Å². The number of hydrogen-bond donors (Lipinski definition) is 1. The van der Waals surface area contributed by atoms with Gasteiger partial charge in [0.05, 0.1) is 11.0 Å². The largest absolute Gasteiger partial charge is 0.366 e. The fourth-order valence-corrected chi connectivity index (χ4v) is 4.61. The minimum atomic E-state index is -0.445. The number of ketones is 1. The van der Waals surface area contributed by atoms with Crippen molar-refractivity contribution in [2.75, 3.05) is 0 Å². The molecule has 1 aromatic heterocycles. The maximum atomic E-state index is 12.8. The first-order valence-corrected chi connectivity index (χ1v) is 11.5. The highest BCUT2D eigenvalue weighted by molar-refractivity contribution is 6.17. The van der Waals surface area contributed by atoms with Crippen LogP contribution in [-0.2, 0) is 13.0 Å². The van der Waals surface area contributed by atoms with E-state index in [0.29, 0.717) is 23.2 Å². The second kappa shape index (κ2) is 8.99. The highest BCUT2D eigenvalue weighted by Gasteiger charge is 2.17. The molecular weight excluding hydrogens is 420 g/mol. The van der Waals surface area contributed by atoms with Crippen molar-refractivity contribution >= 4 is 33.5 Å². The molecule has 5 aromatic rings. The monoisotopic (exact) mass is 445 g/mol. The normalized spacial score (nSPS) is 11.2. The molecule has 34 heavy (non-hydrogen) atoms. The lowest BCUT2D eigenvalue weighted by atomic mass is 10.0. The maximum absolute atomic E-state index is 12.8. The molecule has 0 saturated carbocycles. The minimum absolute atomic E-state index is 0.00826. The molecule has 1 radical (unpaired) electrons. The van der Waals surface area contributed by atoms with E-state index in [2.05, 4.69) is 23.6 Å². The van der Waals surface area contributed by atoms with E-state index in [0.717, 1.165) is 40.2 Å². The molecule has 1 amide bonds. The molecule has 5 rings (SSSR count). The van der Waals surface area contributed by atoms with Gasteiger partial charge in [0, 0.05) is 34.0 Å². The van der Waals surface area contributed by atoms with Crippen molar-refractivity contribution in [3.05, 3.63) is 119 Å². The van der Waals surface area contributed by atoms with E-state index >= 15 is 0 Å². The number of amides is 1. The van der Waals surface area contributed by atoms with E-state index in [1.54, 1.807) is 6.07 Å². The van der Waals surface area contributed by atoms with Gasteiger partial charge in [-0.1, -0.05) is 80.1 Å². The standard InChI is InChI=1S/C30H25N2O2/c1-2-7-20-14-17-24-27(18-20)32(26-11-6-10-25(28(24)26)30(31)34)19-21-12-15-23(16-13-21)29(33)22-8-4-3-5-9-22/h3-6,8-16,18H,2,7,19H2,1H3,(H2,31,34).